The van der Waals surface area contributed by atoms with Crippen molar-refractivity contribution >= 4 is 68.6 Å². The molecule has 6 aliphatic rings. The number of anilines is 8. The van der Waals surface area contributed by atoms with E-state index in [1.54, 1.807) is 0 Å². The zero-order valence-corrected chi connectivity index (χ0v) is 52.2. The summed E-state index contributed by atoms with van der Waals surface area (Å²) in [5.74, 6) is 0. The van der Waals surface area contributed by atoms with Crippen molar-refractivity contribution in [1.29, 1.82) is 0 Å². The van der Waals surface area contributed by atoms with E-state index in [-0.39, 0.29) is 50.2 Å². The van der Waals surface area contributed by atoms with Gasteiger partial charge in [-0.05, 0) is 186 Å². The van der Waals surface area contributed by atoms with Crippen LogP contribution in [0.4, 0.5) is 45.5 Å². The lowest BCUT2D eigenvalue weighted by Crippen LogP contribution is -2.62. The zero-order valence-electron chi connectivity index (χ0n) is 52.2. The van der Waals surface area contributed by atoms with Gasteiger partial charge < -0.3 is 14.7 Å². The summed E-state index contributed by atoms with van der Waals surface area (Å²) in [4.78, 5) is 8.32. The average molecular weight is 1080 g/mol. The fourth-order valence-electron chi connectivity index (χ4n) is 16.7. The van der Waals surface area contributed by atoms with Gasteiger partial charge in [0, 0.05) is 56.2 Å². The Kier molecular flexibility index (Phi) is 11.3. The highest BCUT2D eigenvalue weighted by atomic mass is 15.3. The van der Waals surface area contributed by atoms with E-state index in [1.807, 2.05) is 0 Å². The minimum atomic E-state index is -0.281. The molecule has 3 nitrogen and oxygen atoms in total. The van der Waals surface area contributed by atoms with Gasteiger partial charge in [-0.25, -0.2) is 0 Å². The smallest absolute Gasteiger partial charge is 0.252 e. The fourth-order valence-corrected chi connectivity index (χ4v) is 16.7. The van der Waals surface area contributed by atoms with Crippen LogP contribution in [0, 0.1) is 0 Å². The molecule has 82 heavy (non-hydrogen) atoms. The molecule has 0 aromatic heterocycles. The standard InChI is InChI=1S/C78H86BN3/c1-71(2,3)49-27-29-51(30-28-49)78-40-22-21-39-77(78,16)82(65-26-20-19-25-59(65)78)55-45-68-70-69(46-55)81-64-37-33-52(73(7,8)9)43-57(64)56-23-17-18-24-58(56)76(15)42-41-75(13,14)60-47-63(67(81)48-61(60)76)79(70)62-44-53(74(10,11)12)34-38-66(62)80(68)54-35-31-50(32-36-54)72(4,5)6/h17-20,23-38,43-48H,21-22,39-42H2,1-16H3. The van der Waals surface area contributed by atoms with Crippen molar-refractivity contribution in [3.05, 3.63) is 208 Å². The fraction of sp³-hybridized carbons (Fsp3) is 0.385. The molecule has 0 saturated heterocycles. The highest BCUT2D eigenvalue weighted by Crippen LogP contribution is 2.65. The predicted octanol–water partition coefficient (Wildman–Crippen LogP) is 19.1. The van der Waals surface area contributed by atoms with Crippen molar-refractivity contribution < 1.29 is 0 Å². The maximum absolute atomic E-state index is 2.86. The maximum atomic E-state index is 2.86. The summed E-state index contributed by atoms with van der Waals surface area (Å²) in [6.45, 7) is 38.6. The number of para-hydroxylation sites is 1. The van der Waals surface area contributed by atoms with Gasteiger partial charge in [-0.2, -0.15) is 0 Å². The largest absolute Gasteiger partial charge is 0.334 e. The SMILES string of the molecule is CC(C)(C)c1ccc(N2c3ccc(C(C)(C)C)cc3B3c4cc5c6cc4N(c4ccc(C(C)(C)C)cc4-c4ccccc4C6(C)CCC5(C)C)c4cc(N5c6ccccc6C6(c7ccc(C(C)(C)C)cc7)CCCCC56C)cc2c43)cc1. The van der Waals surface area contributed by atoms with Crippen LogP contribution in [-0.2, 0) is 37.9 Å². The second-order valence-electron chi connectivity index (χ2n) is 31.1. The molecule has 2 bridgehead atoms. The highest BCUT2D eigenvalue weighted by Gasteiger charge is 2.62. The van der Waals surface area contributed by atoms with Crippen LogP contribution in [0.15, 0.2) is 158 Å². The molecule has 4 heteroatoms. The molecule has 3 unspecified atom stereocenters. The van der Waals surface area contributed by atoms with E-state index in [9.17, 15) is 0 Å². The van der Waals surface area contributed by atoms with Crippen molar-refractivity contribution in [3.63, 3.8) is 0 Å². The molecule has 2 aliphatic carbocycles. The summed E-state index contributed by atoms with van der Waals surface area (Å²) < 4.78 is 0. The lowest BCUT2D eigenvalue weighted by Gasteiger charge is -2.53. The molecule has 0 amide bonds. The lowest BCUT2D eigenvalue weighted by atomic mass is 9.33. The number of hydrogen-bond acceptors (Lipinski definition) is 3. The molecule has 4 heterocycles. The van der Waals surface area contributed by atoms with Gasteiger partial charge in [0.05, 0.1) is 11.2 Å². The Hall–Kier alpha value is -6.78. The van der Waals surface area contributed by atoms with Crippen LogP contribution < -0.4 is 31.1 Å². The number of hydrogen-bond donors (Lipinski definition) is 0. The Bertz CT molecular complexity index is 3940. The van der Waals surface area contributed by atoms with Crippen molar-refractivity contribution in [1.82, 2.24) is 0 Å². The molecular weight excluding hydrogens is 990 g/mol. The first-order valence-electron chi connectivity index (χ1n) is 31.1. The first-order valence-corrected chi connectivity index (χ1v) is 31.1. The van der Waals surface area contributed by atoms with Gasteiger partial charge in [0.25, 0.3) is 6.71 Å². The summed E-state index contributed by atoms with van der Waals surface area (Å²) in [6.07, 6.45) is 6.75. The number of nitrogens with zero attached hydrogens (tertiary/aromatic N) is 3. The maximum Gasteiger partial charge on any atom is 0.252 e. The van der Waals surface area contributed by atoms with Crippen LogP contribution in [0.3, 0.4) is 0 Å². The Morgan fingerprint density at radius 3 is 1.59 bits per heavy atom. The van der Waals surface area contributed by atoms with Gasteiger partial charge in [0.15, 0.2) is 0 Å². The van der Waals surface area contributed by atoms with E-state index in [2.05, 4.69) is 283 Å². The molecule has 14 rings (SSSR count). The molecule has 416 valence electrons. The number of fused-ring (bicyclic) bond motifs is 12. The summed E-state index contributed by atoms with van der Waals surface area (Å²) >= 11 is 0. The monoisotopic (exact) mass is 1080 g/mol. The predicted molar refractivity (Wildman–Crippen MR) is 352 cm³/mol. The normalized spacial score (nSPS) is 22.0. The van der Waals surface area contributed by atoms with Crippen LogP contribution in [0.2, 0.25) is 0 Å². The molecule has 0 N–H and O–H groups in total. The van der Waals surface area contributed by atoms with Gasteiger partial charge in [-0.1, -0.05) is 220 Å². The minimum Gasteiger partial charge on any atom is -0.334 e. The first kappa shape index (κ1) is 53.2. The van der Waals surface area contributed by atoms with Crippen LogP contribution >= 0.6 is 0 Å². The molecule has 0 spiro atoms. The summed E-state index contributed by atoms with van der Waals surface area (Å²) in [5, 5.41) is 0. The number of benzene rings is 8. The van der Waals surface area contributed by atoms with E-state index >= 15 is 0 Å². The van der Waals surface area contributed by atoms with Crippen molar-refractivity contribution in [2.24, 2.45) is 0 Å². The quantitative estimate of drug-likeness (QED) is 0.163. The van der Waals surface area contributed by atoms with Gasteiger partial charge in [-0.3, -0.25) is 0 Å². The third-order valence-electron chi connectivity index (χ3n) is 21.5. The van der Waals surface area contributed by atoms with Gasteiger partial charge in [-0.15, -0.1) is 0 Å². The Balaban J connectivity index is 1.14. The Morgan fingerprint density at radius 2 is 0.927 bits per heavy atom. The Labute approximate surface area is 492 Å². The summed E-state index contributed by atoms with van der Waals surface area (Å²) in [5.41, 5.74) is 28.9. The van der Waals surface area contributed by atoms with Crippen molar-refractivity contribution in [3.8, 4) is 11.1 Å². The van der Waals surface area contributed by atoms with E-state index < -0.39 is 0 Å². The first-order chi connectivity index (χ1) is 38.6. The third kappa shape index (κ3) is 7.46. The third-order valence-corrected chi connectivity index (χ3v) is 21.5. The van der Waals surface area contributed by atoms with E-state index in [0.29, 0.717) is 0 Å². The van der Waals surface area contributed by atoms with Gasteiger partial charge in [0.1, 0.15) is 0 Å². The van der Waals surface area contributed by atoms with Gasteiger partial charge >= 0.3 is 0 Å². The summed E-state index contributed by atoms with van der Waals surface area (Å²) in [7, 11) is 0. The van der Waals surface area contributed by atoms with Crippen LogP contribution in [0.1, 0.15) is 199 Å². The van der Waals surface area contributed by atoms with E-state index in [0.717, 1.165) is 25.7 Å². The zero-order chi connectivity index (χ0) is 57.6. The second kappa shape index (κ2) is 17.4. The molecule has 0 radical (unpaired) electrons. The highest BCUT2D eigenvalue weighted by molar-refractivity contribution is 7.00. The van der Waals surface area contributed by atoms with E-state index in [1.165, 1.54) is 136 Å². The Morgan fingerprint density at radius 1 is 0.378 bits per heavy atom. The molecule has 1 saturated carbocycles. The van der Waals surface area contributed by atoms with Crippen molar-refractivity contribution in [2.75, 3.05) is 14.7 Å². The topological polar surface area (TPSA) is 9.72 Å². The van der Waals surface area contributed by atoms with Crippen LogP contribution in [-0.4, -0.2) is 12.3 Å². The molecule has 3 atom stereocenters. The minimum absolute atomic E-state index is 0.0119. The van der Waals surface area contributed by atoms with Crippen LogP contribution in [0.25, 0.3) is 11.1 Å². The molecular formula is C78H86BN3. The molecule has 1 fully saturated rings. The second-order valence-corrected chi connectivity index (χ2v) is 31.1. The number of rotatable bonds is 3. The van der Waals surface area contributed by atoms with Crippen molar-refractivity contribution in [2.45, 2.75) is 193 Å². The molecule has 4 aliphatic heterocycles. The molecule has 8 aromatic rings. The lowest BCUT2D eigenvalue weighted by molar-refractivity contribution is 0.215. The average Bonchev–Trinajstić information content (AvgIpc) is 1.40. The molecule has 8 aromatic carbocycles. The van der Waals surface area contributed by atoms with E-state index in [4.69, 9.17) is 0 Å². The van der Waals surface area contributed by atoms with Gasteiger partial charge in [0.2, 0.25) is 0 Å². The summed E-state index contributed by atoms with van der Waals surface area (Å²) in [6, 6.07) is 64.4. The van der Waals surface area contributed by atoms with Crippen LogP contribution in [0.5, 0.6) is 0 Å².